The Balaban J connectivity index is 1.41. The van der Waals surface area contributed by atoms with Gasteiger partial charge < -0.3 is 5.32 Å². The molecular formula is C20H19ClFN7O. The minimum absolute atomic E-state index is 0.254. The minimum atomic E-state index is -0.370. The number of amides is 1. The number of halogens is 2. The lowest BCUT2D eigenvalue weighted by atomic mass is 10.2. The molecule has 0 fully saturated rings. The van der Waals surface area contributed by atoms with Gasteiger partial charge in [-0.1, -0.05) is 29.8 Å². The second kappa shape index (κ2) is 8.11. The summed E-state index contributed by atoms with van der Waals surface area (Å²) < 4.78 is 18.7. The Bertz CT molecular complexity index is 1210. The molecule has 0 unspecified atom stereocenters. The van der Waals surface area contributed by atoms with Crippen molar-refractivity contribution in [2.75, 3.05) is 5.32 Å². The van der Waals surface area contributed by atoms with Gasteiger partial charge in [0.2, 0.25) is 0 Å². The molecule has 30 heavy (non-hydrogen) atoms. The first-order chi connectivity index (χ1) is 14.4. The molecular weight excluding hydrogens is 409 g/mol. The molecule has 0 atom stereocenters. The number of aryl methyl sites for hydroxylation is 1. The molecule has 4 rings (SSSR count). The van der Waals surface area contributed by atoms with Crippen molar-refractivity contribution in [1.29, 1.82) is 0 Å². The first kappa shape index (κ1) is 19.8. The van der Waals surface area contributed by atoms with Gasteiger partial charge in [-0.25, -0.2) is 9.07 Å². The van der Waals surface area contributed by atoms with Crippen molar-refractivity contribution in [2.45, 2.75) is 27.1 Å². The van der Waals surface area contributed by atoms with E-state index in [-0.39, 0.29) is 24.0 Å². The summed E-state index contributed by atoms with van der Waals surface area (Å²) in [6.07, 6.45) is 4.84. The zero-order chi connectivity index (χ0) is 21.3. The normalized spacial score (nSPS) is 11.1. The molecule has 0 aliphatic rings. The number of carbonyl (C=O) groups excluding carboxylic acids is 1. The average Bonchev–Trinajstić information content (AvgIpc) is 3.42. The van der Waals surface area contributed by atoms with E-state index in [2.05, 4.69) is 20.6 Å². The van der Waals surface area contributed by atoms with Gasteiger partial charge in [0.25, 0.3) is 5.91 Å². The summed E-state index contributed by atoms with van der Waals surface area (Å²) in [5.74, 6) is -0.668. The summed E-state index contributed by atoms with van der Waals surface area (Å²) in [5.41, 5.74) is 2.84. The molecule has 0 saturated carbocycles. The van der Waals surface area contributed by atoms with Crippen molar-refractivity contribution >= 4 is 23.2 Å². The van der Waals surface area contributed by atoms with Gasteiger partial charge in [0.15, 0.2) is 5.69 Å². The van der Waals surface area contributed by atoms with Crippen molar-refractivity contribution in [3.63, 3.8) is 0 Å². The minimum Gasteiger partial charge on any atom is -0.318 e. The Morgan fingerprint density at radius 2 is 1.97 bits per heavy atom. The molecule has 10 heteroatoms. The molecule has 4 aromatic rings. The number of nitrogens with zero attached hydrogens (tertiary/aromatic N) is 6. The van der Waals surface area contributed by atoms with Crippen molar-refractivity contribution in [3.05, 3.63) is 82.4 Å². The molecule has 0 aliphatic heterocycles. The van der Waals surface area contributed by atoms with E-state index in [1.807, 2.05) is 13.8 Å². The highest BCUT2D eigenvalue weighted by Gasteiger charge is 2.14. The number of hydrogen-bond donors (Lipinski definition) is 1. The van der Waals surface area contributed by atoms with Gasteiger partial charge in [0.05, 0.1) is 34.8 Å². The molecule has 0 aliphatic carbocycles. The Hall–Kier alpha value is -3.46. The van der Waals surface area contributed by atoms with Gasteiger partial charge in [0, 0.05) is 18.0 Å². The third-order valence-corrected chi connectivity index (χ3v) is 5.17. The van der Waals surface area contributed by atoms with Gasteiger partial charge in [0.1, 0.15) is 12.5 Å². The summed E-state index contributed by atoms with van der Waals surface area (Å²) in [7, 11) is 0. The van der Waals surface area contributed by atoms with Crippen LogP contribution in [0.25, 0.3) is 0 Å². The van der Waals surface area contributed by atoms with E-state index in [1.165, 1.54) is 12.3 Å². The van der Waals surface area contributed by atoms with Crippen LogP contribution in [0.1, 0.15) is 27.4 Å². The fraction of sp³-hybridized carbons (Fsp3) is 0.200. The van der Waals surface area contributed by atoms with Crippen molar-refractivity contribution in [3.8, 4) is 0 Å². The predicted octanol–water partition coefficient (Wildman–Crippen LogP) is 3.49. The van der Waals surface area contributed by atoms with E-state index in [9.17, 15) is 9.18 Å². The fourth-order valence-electron chi connectivity index (χ4n) is 3.02. The van der Waals surface area contributed by atoms with Crippen LogP contribution in [0, 0.1) is 19.7 Å². The van der Waals surface area contributed by atoms with Crippen LogP contribution in [0.3, 0.4) is 0 Å². The van der Waals surface area contributed by atoms with E-state index in [4.69, 9.17) is 11.6 Å². The van der Waals surface area contributed by atoms with Crippen LogP contribution in [0.4, 0.5) is 10.1 Å². The SMILES string of the molecule is Cc1nn(Cn2ccc(C(=O)Nc3cnn(Cc4ccccc4F)c3)n2)c(C)c1Cl. The lowest BCUT2D eigenvalue weighted by Gasteiger charge is -2.04. The third-order valence-electron chi connectivity index (χ3n) is 4.63. The Morgan fingerprint density at radius 3 is 2.70 bits per heavy atom. The Labute approximate surface area is 176 Å². The van der Waals surface area contributed by atoms with Crippen LogP contribution in [0.15, 0.2) is 48.9 Å². The fourth-order valence-corrected chi connectivity index (χ4v) is 3.16. The molecule has 0 bridgehead atoms. The highest BCUT2D eigenvalue weighted by Crippen LogP contribution is 2.19. The quantitative estimate of drug-likeness (QED) is 0.510. The van der Waals surface area contributed by atoms with Crippen LogP contribution < -0.4 is 5.32 Å². The molecule has 0 saturated heterocycles. The standard InChI is InChI=1S/C20H19ClFN7O/c1-13-19(21)14(2)29(25-13)12-27-8-7-18(26-27)20(30)24-16-9-23-28(11-16)10-15-5-3-4-6-17(15)22/h3-9,11H,10,12H2,1-2H3,(H,24,30). The highest BCUT2D eigenvalue weighted by atomic mass is 35.5. The first-order valence-corrected chi connectivity index (χ1v) is 9.58. The van der Waals surface area contributed by atoms with Gasteiger partial charge in [-0.05, 0) is 26.0 Å². The maximum atomic E-state index is 13.8. The lowest BCUT2D eigenvalue weighted by Crippen LogP contribution is -2.15. The van der Waals surface area contributed by atoms with Gasteiger partial charge in [-0.3, -0.25) is 14.2 Å². The molecule has 1 N–H and O–H groups in total. The van der Waals surface area contributed by atoms with Gasteiger partial charge in [-0.15, -0.1) is 0 Å². The van der Waals surface area contributed by atoms with Gasteiger partial charge >= 0.3 is 0 Å². The number of carbonyl (C=O) groups is 1. The van der Waals surface area contributed by atoms with Crippen molar-refractivity contribution in [2.24, 2.45) is 0 Å². The molecule has 3 aromatic heterocycles. The van der Waals surface area contributed by atoms with Crippen LogP contribution in [0.2, 0.25) is 5.02 Å². The number of aromatic nitrogens is 6. The van der Waals surface area contributed by atoms with E-state index in [0.717, 1.165) is 11.4 Å². The van der Waals surface area contributed by atoms with Crippen molar-refractivity contribution < 1.29 is 9.18 Å². The Morgan fingerprint density at radius 1 is 1.17 bits per heavy atom. The van der Waals surface area contributed by atoms with Crippen molar-refractivity contribution in [1.82, 2.24) is 29.3 Å². The average molecular weight is 428 g/mol. The molecule has 8 nitrogen and oxygen atoms in total. The van der Waals surface area contributed by atoms with E-state index < -0.39 is 0 Å². The number of hydrogen-bond acceptors (Lipinski definition) is 4. The second-order valence-corrected chi connectivity index (χ2v) is 7.22. The summed E-state index contributed by atoms with van der Waals surface area (Å²) >= 11 is 6.17. The van der Waals surface area contributed by atoms with E-state index >= 15 is 0 Å². The summed E-state index contributed by atoms with van der Waals surface area (Å²) in [6, 6.07) is 8.11. The monoisotopic (exact) mass is 427 g/mol. The van der Waals surface area contributed by atoms with Crippen LogP contribution in [-0.2, 0) is 13.2 Å². The summed E-state index contributed by atoms with van der Waals surface area (Å²) in [6.45, 7) is 4.31. The summed E-state index contributed by atoms with van der Waals surface area (Å²) in [4.78, 5) is 12.5. The maximum absolute atomic E-state index is 13.8. The van der Waals surface area contributed by atoms with Crippen LogP contribution in [-0.4, -0.2) is 35.2 Å². The number of nitrogens with one attached hydrogen (secondary N) is 1. The Kier molecular flexibility index (Phi) is 5.37. The lowest BCUT2D eigenvalue weighted by molar-refractivity contribution is 0.102. The number of rotatable bonds is 6. The maximum Gasteiger partial charge on any atom is 0.276 e. The van der Waals surface area contributed by atoms with Crippen LogP contribution in [0.5, 0.6) is 0 Å². The molecule has 0 radical (unpaired) electrons. The molecule has 1 amide bonds. The van der Waals surface area contributed by atoms with Gasteiger partial charge in [-0.2, -0.15) is 15.3 Å². The topological polar surface area (TPSA) is 82.6 Å². The second-order valence-electron chi connectivity index (χ2n) is 6.84. The third kappa shape index (κ3) is 4.11. The predicted molar refractivity (Wildman–Crippen MR) is 110 cm³/mol. The molecule has 3 heterocycles. The number of benzene rings is 1. The molecule has 0 spiro atoms. The highest BCUT2D eigenvalue weighted by molar-refractivity contribution is 6.31. The van der Waals surface area contributed by atoms with E-state index in [0.29, 0.717) is 22.9 Å². The number of anilines is 1. The smallest absolute Gasteiger partial charge is 0.276 e. The zero-order valence-electron chi connectivity index (χ0n) is 16.4. The summed E-state index contributed by atoms with van der Waals surface area (Å²) in [5, 5.41) is 16.2. The first-order valence-electron chi connectivity index (χ1n) is 9.21. The van der Waals surface area contributed by atoms with Crippen LogP contribution >= 0.6 is 11.6 Å². The zero-order valence-corrected chi connectivity index (χ0v) is 17.1. The molecule has 154 valence electrons. The van der Waals surface area contributed by atoms with E-state index in [1.54, 1.807) is 50.7 Å². The largest absolute Gasteiger partial charge is 0.318 e. The molecule has 1 aromatic carbocycles.